The number of benzene rings is 1. The van der Waals surface area contributed by atoms with E-state index in [1.165, 1.54) is 16.6 Å². The summed E-state index contributed by atoms with van der Waals surface area (Å²) in [6.07, 6.45) is 2.09. The molecule has 1 N–H and O–H groups in total. The van der Waals surface area contributed by atoms with E-state index in [2.05, 4.69) is 11.0 Å². The number of nitrogens with zero attached hydrogens (tertiary/aromatic N) is 2. The number of rotatable bonds is 2. The Kier molecular flexibility index (Phi) is 2.91. The Balaban J connectivity index is 1.92. The molecule has 2 aliphatic rings. The summed E-state index contributed by atoms with van der Waals surface area (Å²) in [5.41, 5.74) is 3.57. The zero-order chi connectivity index (χ0) is 14.6. The number of β-amino-alcohol motifs (C(OH)–C–C–N with tert-alkyl or cyclic N) is 1. The number of aliphatic hydroxyl groups excluding tert-OH is 1. The number of fused-ring (bicyclic) bond motifs is 3. The highest BCUT2D eigenvalue weighted by Crippen LogP contribution is 2.42. The summed E-state index contributed by atoms with van der Waals surface area (Å²) in [6, 6.07) is 8.50. The summed E-state index contributed by atoms with van der Waals surface area (Å²) < 4.78 is 1.94. The third-order valence-electron chi connectivity index (χ3n) is 4.81. The second-order valence-corrected chi connectivity index (χ2v) is 6.26. The number of carbonyl (C=O) groups is 1. The molecule has 2 aliphatic heterocycles. The van der Waals surface area contributed by atoms with E-state index in [0.717, 1.165) is 24.9 Å². The van der Waals surface area contributed by atoms with Crippen LogP contribution in [-0.4, -0.2) is 39.7 Å². The summed E-state index contributed by atoms with van der Waals surface area (Å²) >= 11 is 0. The van der Waals surface area contributed by atoms with Gasteiger partial charge in [0.15, 0.2) is 0 Å². The van der Waals surface area contributed by atoms with Crippen molar-refractivity contribution in [2.45, 2.75) is 38.3 Å². The molecule has 3 heterocycles. The molecule has 0 amide bonds. The molecule has 4 heteroatoms. The predicted octanol–water partition coefficient (Wildman–Crippen LogP) is 2.36. The number of para-hydroxylation sites is 1. The van der Waals surface area contributed by atoms with Crippen LogP contribution in [0.4, 0.5) is 0 Å². The lowest BCUT2D eigenvalue weighted by Crippen LogP contribution is -2.42. The largest absolute Gasteiger partial charge is 0.392 e. The van der Waals surface area contributed by atoms with Crippen molar-refractivity contribution in [1.29, 1.82) is 0 Å². The molecule has 1 aromatic heterocycles. The summed E-state index contributed by atoms with van der Waals surface area (Å²) in [7, 11) is 0. The minimum absolute atomic E-state index is 0.211. The van der Waals surface area contributed by atoms with Crippen LogP contribution in [0.5, 0.6) is 0 Å². The van der Waals surface area contributed by atoms with Gasteiger partial charge in [-0.1, -0.05) is 18.2 Å². The van der Waals surface area contributed by atoms with Crippen LogP contribution in [0.25, 0.3) is 10.9 Å². The average molecular weight is 284 g/mol. The highest BCUT2D eigenvalue weighted by atomic mass is 16.3. The van der Waals surface area contributed by atoms with Gasteiger partial charge in [-0.15, -0.1) is 0 Å². The zero-order valence-corrected chi connectivity index (χ0v) is 12.2. The number of aromatic nitrogens is 1. The van der Waals surface area contributed by atoms with Crippen molar-refractivity contribution >= 4 is 16.8 Å². The Bertz CT molecular complexity index is 717. The molecule has 4 nitrogen and oxygen atoms in total. The van der Waals surface area contributed by atoms with Gasteiger partial charge in [-0.3, -0.25) is 14.3 Å². The van der Waals surface area contributed by atoms with Crippen LogP contribution in [0.15, 0.2) is 24.3 Å². The van der Waals surface area contributed by atoms with Gasteiger partial charge in [0.2, 0.25) is 5.91 Å². The van der Waals surface area contributed by atoms with E-state index in [1.807, 2.05) is 29.7 Å². The van der Waals surface area contributed by atoms with Crippen molar-refractivity contribution in [2.75, 3.05) is 13.1 Å². The Morgan fingerprint density at radius 1 is 1.33 bits per heavy atom. The Labute approximate surface area is 124 Å². The molecule has 1 aromatic carbocycles. The first-order chi connectivity index (χ1) is 10.2. The van der Waals surface area contributed by atoms with Crippen molar-refractivity contribution in [3.63, 3.8) is 0 Å². The third-order valence-corrected chi connectivity index (χ3v) is 4.81. The fourth-order valence-electron chi connectivity index (χ4n) is 4.04. The SMILES string of the molecule is C[C@@H](O)CN1CCc2c3n(c4ccccc24)C(=O)CC[C@H]31. The molecule has 2 aromatic rings. The molecule has 0 spiro atoms. The monoisotopic (exact) mass is 284 g/mol. The molecule has 0 fully saturated rings. The molecule has 0 saturated heterocycles. The second-order valence-electron chi connectivity index (χ2n) is 6.26. The van der Waals surface area contributed by atoms with Crippen molar-refractivity contribution in [2.24, 2.45) is 0 Å². The van der Waals surface area contributed by atoms with Gasteiger partial charge in [-0.2, -0.15) is 0 Å². The lowest BCUT2D eigenvalue weighted by molar-refractivity contribution is 0.0678. The van der Waals surface area contributed by atoms with E-state index in [-0.39, 0.29) is 18.1 Å². The minimum Gasteiger partial charge on any atom is -0.392 e. The number of carbonyl (C=O) groups excluding carboxylic acids is 1. The van der Waals surface area contributed by atoms with E-state index < -0.39 is 0 Å². The van der Waals surface area contributed by atoms with Crippen LogP contribution in [-0.2, 0) is 6.42 Å². The highest BCUT2D eigenvalue weighted by Gasteiger charge is 2.37. The molecule has 0 unspecified atom stereocenters. The molecular weight excluding hydrogens is 264 g/mol. The topological polar surface area (TPSA) is 45.5 Å². The minimum atomic E-state index is -0.331. The Hall–Kier alpha value is -1.65. The van der Waals surface area contributed by atoms with Gasteiger partial charge in [-0.05, 0) is 31.4 Å². The Morgan fingerprint density at radius 3 is 2.95 bits per heavy atom. The lowest BCUT2D eigenvalue weighted by atomic mass is 9.92. The van der Waals surface area contributed by atoms with Gasteiger partial charge < -0.3 is 5.11 Å². The fraction of sp³-hybridized carbons (Fsp3) is 0.471. The first-order valence-electron chi connectivity index (χ1n) is 7.74. The van der Waals surface area contributed by atoms with Crippen molar-refractivity contribution < 1.29 is 9.90 Å². The van der Waals surface area contributed by atoms with Gasteiger partial charge in [0, 0.05) is 30.6 Å². The summed E-state index contributed by atoms with van der Waals surface area (Å²) in [5, 5.41) is 11.0. The molecule has 2 atom stereocenters. The summed E-state index contributed by atoms with van der Waals surface area (Å²) in [5.74, 6) is 0.211. The van der Waals surface area contributed by atoms with E-state index in [1.54, 1.807) is 0 Å². The maximum absolute atomic E-state index is 12.4. The van der Waals surface area contributed by atoms with E-state index in [0.29, 0.717) is 13.0 Å². The third kappa shape index (κ3) is 1.86. The highest BCUT2D eigenvalue weighted by molar-refractivity contribution is 5.97. The predicted molar refractivity (Wildman–Crippen MR) is 81.5 cm³/mol. The van der Waals surface area contributed by atoms with Crippen LogP contribution in [0.1, 0.15) is 41.9 Å². The summed E-state index contributed by atoms with van der Waals surface area (Å²) in [4.78, 5) is 14.8. The number of hydrogen-bond donors (Lipinski definition) is 1. The first kappa shape index (κ1) is 13.0. The van der Waals surface area contributed by atoms with E-state index in [9.17, 15) is 9.90 Å². The van der Waals surface area contributed by atoms with Crippen molar-refractivity contribution in [3.8, 4) is 0 Å². The molecule has 4 rings (SSSR count). The van der Waals surface area contributed by atoms with Crippen molar-refractivity contribution in [3.05, 3.63) is 35.5 Å². The maximum atomic E-state index is 12.4. The molecular formula is C17H20N2O2. The fourth-order valence-corrected chi connectivity index (χ4v) is 4.04. The first-order valence-corrected chi connectivity index (χ1v) is 7.74. The molecule has 0 radical (unpaired) electrons. The maximum Gasteiger partial charge on any atom is 0.231 e. The lowest BCUT2D eigenvalue weighted by Gasteiger charge is -2.39. The average Bonchev–Trinajstić information content (AvgIpc) is 2.80. The van der Waals surface area contributed by atoms with Gasteiger partial charge in [0.25, 0.3) is 0 Å². The number of hydrogen-bond acceptors (Lipinski definition) is 3. The van der Waals surface area contributed by atoms with Crippen LogP contribution >= 0.6 is 0 Å². The molecule has 0 bridgehead atoms. The van der Waals surface area contributed by atoms with Gasteiger partial charge in [0.1, 0.15) is 0 Å². The van der Waals surface area contributed by atoms with Gasteiger partial charge >= 0.3 is 0 Å². The zero-order valence-electron chi connectivity index (χ0n) is 12.2. The second kappa shape index (κ2) is 4.68. The Morgan fingerprint density at radius 2 is 2.14 bits per heavy atom. The van der Waals surface area contributed by atoms with Crippen molar-refractivity contribution in [1.82, 2.24) is 9.47 Å². The van der Waals surface area contributed by atoms with E-state index >= 15 is 0 Å². The molecule has 0 aliphatic carbocycles. The summed E-state index contributed by atoms with van der Waals surface area (Å²) in [6.45, 7) is 3.48. The van der Waals surface area contributed by atoms with Crippen LogP contribution < -0.4 is 0 Å². The van der Waals surface area contributed by atoms with Crippen LogP contribution in [0, 0.1) is 0 Å². The quantitative estimate of drug-likeness (QED) is 0.921. The molecule has 21 heavy (non-hydrogen) atoms. The number of aliphatic hydroxyl groups is 1. The smallest absolute Gasteiger partial charge is 0.231 e. The van der Waals surface area contributed by atoms with E-state index in [4.69, 9.17) is 0 Å². The van der Waals surface area contributed by atoms with Crippen LogP contribution in [0.3, 0.4) is 0 Å². The van der Waals surface area contributed by atoms with Gasteiger partial charge in [-0.25, -0.2) is 0 Å². The molecule has 110 valence electrons. The molecule has 0 saturated carbocycles. The van der Waals surface area contributed by atoms with Gasteiger partial charge in [0.05, 0.1) is 17.7 Å². The standard InChI is InChI=1S/C17H20N2O2/c1-11(20)10-18-9-8-13-12-4-2-3-5-14(12)19-16(21)7-6-15(18)17(13)19/h2-5,11,15,20H,6-10H2,1H3/t11-,15-/m1/s1. The van der Waals surface area contributed by atoms with Crippen LogP contribution in [0.2, 0.25) is 0 Å². The normalized spacial score (nSPS) is 23.3.